The standard InChI is InChI=1S/C10H12/c1-2-3-7-10-8-5-4-6-9-10/h2,4-6,8-9H,1,3,7H2/i1D2. The van der Waals surface area contributed by atoms with Crippen LogP contribution in [-0.4, -0.2) is 0 Å². The SMILES string of the molecule is [2H]C([2H])=CCCc1ccccc1. The molecule has 0 saturated carbocycles. The highest BCUT2D eigenvalue weighted by molar-refractivity contribution is 5.14. The van der Waals surface area contributed by atoms with Crippen molar-refractivity contribution >= 4 is 0 Å². The van der Waals surface area contributed by atoms with Gasteiger partial charge >= 0.3 is 0 Å². The molecule has 0 aliphatic rings. The summed E-state index contributed by atoms with van der Waals surface area (Å²) in [7, 11) is 0. The van der Waals surface area contributed by atoms with Gasteiger partial charge in [0.1, 0.15) is 0 Å². The Labute approximate surface area is 65.0 Å². The molecule has 0 amide bonds. The Hall–Kier alpha value is -1.04. The molecule has 0 heterocycles. The van der Waals surface area contributed by atoms with E-state index in [1.54, 1.807) is 6.08 Å². The van der Waals surface area contributed by atoms with E-state index >= 15 is 0 Å². The first-order chi connectivity index (χ1) is 5.79. The first kappa shape index (κ1) is 4.73. The molecule has 0 atom stereocenters. The van der Waals surface area contributed by atoms with Crippen LogP contribution in [0.3, 0.4) is 0 Å². The molecular weight excluding hydrogens is 120 g/mol. The van der Waals surface area contributed by atoms with Gasteiger partial charge in [0.15, 0.2) is 0 Å². The first-order valence-corrected chi connectivity index (χ1v) is 3.46. The minimum Gasteiger partial charge on any atom is -0.103 e. The largest absolute Gasteiger partial charge is 0.103 e. The molecule has 0 spiro atoms. The molecule has 10 heavy (non-hydrogen) atoms. The number of aryl methyl sites for hydroxylation is 1. The maximum absolute atomic E-state index is 6.87. The second kappa shape index (κ2) is 3.89. The number of hydrogen-bond donors (Lipinski definition) is 0. The molecule has 0 aliphatic heterocycles. The summed E-state index contributed by atoms with van der Waals surface area (Å²) in [5, 5.41) is 0. The van der Waals surface area contributed by atoms with Crippen LogP contribution in [0, 0.1) is 0 Å². The third-order valence-corrected chi connectivity index (χ3v) is 1.42. The van der Waals surface area contributed by atoms with Crippen LogP contribution >= 0.6 is 0 Å². The van der Waals surface area contributed by atoms with Crippen molar-refractivity contribution in [2.45, 2.75) is 12.8 Å². The Bertz CT molecular complexity index is 248. The number of rotatable bonds is 3. The molecule has 0 bridgehead atoms. The van der Waals surface area contributed by atoms with Crippen LogP contribution in [0.2, 0.25) is 0 Å². The third-order valence-electron chi connectivity index (χ3n) is 1.42. The highest BCUT2D eigenvalue weighted by Gasteiger charge is 1.85. The fourth-order valence-corrected chi connectivity index (χ4v) is 0.884. The highest BCUT2D eigenvalue weighted by Crippen LogP contribution is 2.01. The Morgan fingerprint density at radius 2 is 2.20 bits per heavy atom. The topological polar surface area (TPSA) is 0 Å². The Balaban J connectivity index is 2.39. The molecule has 0 heteroatoms. The van der Waals surface area contributed by atoms with Gasteiger partial charge in [0.2, 0.25) is 0 Å². The lowest BCUT2D eigenvalue weighted by atomic mass is 10.1. The predicted octanol–water partition coefficient (Wildman–Crippen LogP) is 2.81. The molecule has 1 aromatic carbocycles. The Morgan fingerprint density at radius 1 is 1.40 bits per heavy atom. The zero-order valence-electron chi connectivity index (χ0n) is 7.88. The predicted molar refractivity (Wildman–Crippen MR) is 45.0 cm³/mol. The Morgan fingerprint density at radius 3 is 2.90 bits per heavy atom. The summed E-state index contributed by atoms with van der Waals surface area (Å²) in [5.74, 6) is 0. The summed E-state index contributed by atoms with van der Waals surface area (Å²) >= 11 is 0. The summed E-state index contributed by atoms with van der Waals surface area (Å²) < 4.78 is 13.7. The lowest BCUT2D eigenvalue weighted by Gasteiger charge is -1.94. The van der Waals surface area contributed by atoms with Gasteiger partial charge in [-0.1, -0.05) is 36.4 Å². The van der Waals surface area contributed by atoms with E-state index in [-0.39, 0.29) is 6.53 Å². The summed E-state index contributed by atoms with van der Waals surface area (Å²) in [6.07, 6.45) is 3.32. The summed E-state index contributed by atoms with van der Waals surface area (Å²) in [4.78, 5) is 0. The number of allylic oxidation sites excluding steroid dienone is 1. The van der Waals surface area contributed by atoms with E-state index in [0.29, 0.717) is 0 Å². The van der Waals surface area contributed by atoms with E-state index in [2.05, 4.69) is 12.1 Å². The average Bonchev–Trinajstić information content (AvgIpc) is 2.05. The van der Waals surface area contributed by atoms with Crippen molar-refractivity contribution in [2.24, 2.45) is 0 Å². The lowest BCUT2D eigenvalue weighted by Crippen LogP contribution is -1.79. The highest BCUT2D eigenvalue weighted by atomic mass is 13.9. The van der Waals surface area contributed by atoms with E-state index in [1.165, 1.54) is 5.56 Å². The van der Waals surface area contributed by atoms with Crippen LogP contribution in [0.15, 0.2) is 42.9 Å². The molecular formula is C10H12. The average molecular weight is 134 g/mol. The molecule has 0 saturated heterocycles. The molecule has 0 unspecified atom stereocenters. The second-order valence-corrected chi connectivity index (χ2v) is 2.23. The van der Waals surface area contributed by atoms with Crippen LogP contribution in [0.25, 0.3) is 0 Å². The van der Waals surface area contributed by atoms with Crippen molar-refractivity contribution < 1.29 is 2.74 Å². The van der Waals surface area contributed by atoms with Crippen LogP contribution in [0.4, 0.5) is 0 Å². The maximum Gasteiger partial charge on any atom is 0.0534 e. The zero-order chi connectivity index (χ0) is 8.81. The van der Waals surface area contributed by atoms with Gasteiger partial charge in [0, 0.05) is 0 Å². The molecule has 52 valence electrons. The van der Waals surface area contributed by atoms with E-state index in [1.807, 2.05) is 18.2 Å². The van der Waals surface area contributed by atoms with E-state index < -0.39 is 0 Å². The molecule has 1 rings (SSSR count). The summed E-state index contributed by atoms with van der Waals surface area (Å²) in [5.41, 5.74) is 1.26. The minimum atomic E-state index is -0.0917. The lowest BCUT2D eigenvalue weighted by molar-refractivity contribution is 1.00. The van der Waals surface area contributed by atoms with Gasteiger partial charge in [-0.3, -0.25) is 0 Å². The minimum absolute atomic E-state index is 0.0917. The van der Waals surface area contributed by atoms with Crippen LogP contribution in [-0.2, 0) is 6.42 Å². The van der Waals surface area contributed by atoms with Crippen molar-refractivity contribution in [1.29, 1.82) is 0 Å². The quantitative estimate of drug-likeness (QED) is 0.558. The monoisotopic (exact) mass is 134 g/mol. The van der Waals surface area contributed by atoms with Gasteiger partial charge in [-0.15, -0.1) is 6.53 Å². The molecule has 0 N–H and O–H groups in total. The molecule has 0 radical (unpaired) electrons. The molecule has 0 nitrogen and oxygen atoms in total. The number of benzene rings is 1. The molecule has 1 aromatic rings. The summed E-state index contributed by atoms with van der Waals surface area (Å²) in [6.45, 7) is -0.0917. The van der Waals surface area contributed by atoms with Gasteiger partial charge < -0.3 is 0 Å². The molecule has 0 fully saturated rings. The number of hydrogen-bond acceptors (Lipinski definition) is 0. The van der Waals surface area contributed by atoms with Crippen LogP contribution in [0.5, 0.6) is 0 Å². The normalized spacial score (nSPS) is 11.6. The smallest absolute Gasteiger partial charge is 0.0534 e. The van der Waals surface area contributed by atoms with Gasteiger partial charge in [0.05, 0.1) is 2.74 Å². The van der Waals surface area contributed by atoms with Gasteiger partial charge in [-0.2, -0.15) is 0 Å². The fourth-order valence-electron chi connectivity index (χ4n) is 0.884. The third kappa shape index (κ3) is 2.06. The van der Waals surface area contributed by atoms with E-state index in [9.17, 15) is 0 Å². The molecule has 0 aliphatic carbocycles. The zero-order valence-corrected chi connectivity index (χ0v) is 5.88. The van der Waals surface area contributed by atoms with Crippen LogP contribution in [0.1, 0.15) is 14.7 Å². The van der Waals surface area contributed by atoms with Crippen molar-refractivity contribution in [3.63, 3.8) is 0 Å². The fraction of sp³-hybridized carbons (Fsp3) is 0.200. The second-order valence-electron chi connectivity index (χ2n) is 2.23. The van der Waals surface area contributed by atoms with Gasteiger partial charge in [-0.05, 0) is 18.4 Å². The van der Waals surface area contributed by atoms with Gasteiger partial charge in [0.25, 0.3) is 0 Å². The maximum atomic E-state index is 6.87. The van der Waals surface area contributed by atoms with Crippen molar-refractivity contribution in [3.05, 3.63) is 48.5 Å². The van der Waals surface area contributed by atoms with Crippen molar-refractivity contribution in [1.82, 2.24) is 0 Å². The van der Waals surface area contributed by atoms with E-state index in [4.69, 9.17) is 2.74 Å². The van der Waals surface area contributed by atoms with Gasteiger partial charge in [-0.25, -0.2) is 0 Å². The molecule has 0 aromatic heterocycles. The van der Waals surface area contributed by atoms with Crippen LogP contribution < -0.4 is 0 Å². The Kier molecular flexibility index (Phi) is 1.84. The first-order valence-electron chi connectivity index (χ1n) is 4.46. The van der Waals surface area contributed by atoms with Crippen molar-refractivity contribution in [2.75, 3.05) is 0 Å². The summed E-state index contributed by atoms with van der Waals surface area (Å²) in [6, 6.07) is 10.1. The van der Waals surface area contributed by atoms with E-state index in [0.717, 1.165) is 12.8 Å². The van der Waals surface area contributed by atoms with Crippen molar-refractivity contribution in [3.8, 4) is 0 Å².